The number of nitrogens with zero attached hydrogens (tertiary/aromatic N) is 2. The van der Waals surface area contributed by atoms with Crippen LogP contribution in [-0.2, 0) is 32.6 Å². The number of sulfonamides is 1. The maximum absolute atomic E-state index is 14.0. The number of amides is 2. The van der Waals surface area contributed by atoms with Gasteiger partial charge < -0.3 is 10.2 Å². The number of nitrogens with one attached hydrogen (secondary N) is 1. The van der Waals surface area contributed by atoms with Crippen molar-refractivity contribution in [3.63, 3.8) is 0 Å². The molecular formula is C32H38Cl3N3O4S. The molecule has 0 radical (unpaired) electrons. The van der Waals surface area contributed by atoms with Crippen molar-refractivity contribution < 1.29 is 18.0 Å². The highest BCUT2D eigenvalue weighted by atomic mass is 35.5. The van der Waals surface area contributed by atoms with E-state index in [0.717, 1.165) is 18.2 Å². The third-order valence-corrected chi connectivity index (χ3v) is 9.62. The van der Waals surface area contributed by atoms with Crippen LogP contribution in [0.25, 0.3) is 0 Å². The van der Waals surface area contributed by atoms with Crippen LogP contribution >= 0.6 is 34.8 Å². The fourth-order valence-electron chi connectivity index (χ4n) is 4.70. The Morgan fingerprint density at radius 2 is 1.51 bits per heavy atom. The predicted molar refractivity (Wildman–Crippen MR) is 176 cm³/mol. The smallest absolute Gasteiger partial charge is 0.243 e. The molecule has 0 spiro atoms. The lowest BCUT2D eigenvalue weighted by molar-refractivity contribution is -0.141. The molecule has 0 saturated heterocycles. The maximum atomic E-state index is 14.0. The van der Waals surface area contributed by atoms with Gasteiger partial charge in [0.1, 0.15) is 6.04 Å². The molecule has 0 saturated carbocycles. The molecule has 43 heavy (non-hydrogen) atoms. The molecule has 7 nitrogen and oxygen atoms in total. The third kappa shape index (κ3) is 9.60. The van der Waals surface area contributed by atoms with E-state index in [1.54, 1.807) is 43.3 Å². The van der Waals surface area contributed by atoms with Gasteiger partial charge in [0.25, 0.3) is 0 Å². The summed E-state index contributed by atoms with van der Waals surface area (Å²) in [4.78, 5) is 29.2. The van der Waals surface area contributed by atoms with Crippen LogP contribution in [0.2, 0.25) is 15.1 Å². The van der Waals surface area contributed by atoms with Crippen molar-refractivity contribution in [3.05, 3.63) is 98.5 Å². The van der Waals surface area contributed by atoms with Crippen molar-refractivity contribution in [1.29, 1.82) is 0 Å². The Morgan fingerprint density at radius 1 is 0.907 bits per heavy atom. The molecule has 1 N–H and O–H groups in total. The van der Waals surface area contributed by atoms with Gasteiger partial charge in [-0.3, -0.25) is 13.9 Å². The van der Waals surface area contributed by atoms with Crippen LogP contribution in [0.15, 0.2) is 66.7 Å². The Kier molecular flexibility index (Phi) is 12.8. The number of carbonyl (C=O) groups excluding carboxylic acids is 2. The van der Waals surface area contributed by atoms with Crippen LogP contribution in [0.3, 0.4) is 0 Å². The Hall–Kier alpha value is -2.78. The second-order valence-corrected chi connectivity index (χ2v) is 13.7. The van der Waals surface area contributed by atoms with Crippen molar-refractivity contribution in [2.45, 2.75) is 65.1 Å². The van der Waals surface area contributed by atoms with Gasteiger partial charge in [-0.15, -0.1) is 0 Å². The summed E-state index contributed by atoms with van der Waals surface area (Å²) >= 11 is 19.3. The van der Waals surface area contributed by atoms with Crippen molar-refractivity contribution in [2.75, 3.05) is 17.1 Å². The molecule has 0 aliphatic heterocycles. The predicted octanol–water partition coefficient (Wildman–Crippen LogP) is 7.06. The van der Waals surface area contributed by atoms with E-state index in [-0.39, 0.29) is 50.2 Å². The van der Waals surface area contributed by atoms with E-state index < -0.39 is 16.1 Å². The standard InChI is InChI=1S/C32H38Cl3N3O4S/c1-5-22(2)36-32(40)30(20-24-12-7-6-8-13-24)37(21-25-27(34)15-9-16-28(25)35)31(39)18-11-19-38(43(4,41)42)29-17-10-14-26(33)23(29)3/h6-10,12-17,22,30H,5,11,18-21H2,1-4H3,(H,36,40). The summed E-state index contributed by atoms with van der Waals surface area (Å²) in [6.07, 6.45) is 2.30. The molecule has 3 aromatic carbocycles. The highest BCUT2D eigenvalue weighted by Gasteiger charge is 2.32. The van der Waals surface area contributed by atoms with Gasteiger partial charge in [-0.2, -0.15) is 0 Å². The van der Waals surface area contributed by atoms with Crippen LogP contribution in [0.4, 0.5) is 5.69 Å². The van der Waals surface area contributed by atoms with Gasteiger partial charge in [0.2, 0.25) is 21.8 Å². The van der Waals surface area contributed by atoms with Crippen molar-refractivity contribution >= 4 is 62.3 Å². The van der Waals surface area contributed by atoms with E-state index in [1.165, 1.54) is 9.21 Å². The fraction of sp³-hybridized carbons (Fsp3) is 0.375. The molecule has 0 bridgehead atoms. The number of hydrogen-bond donors (Lipinski definition) is 1. The molecule has 0 fully saturated rings. The first-order valence-corrected chi connectivity index (χ1v) is 17.1. The molecule has 11 heteroatoms. The van der Waals surface area contributed by atoms with E-state index in [1.807, 2.05) is 44.2 Å². The van der Waals surface area contributed by atoms with Crippen LogP contribution in [0.5, 0.6) is 0 Å². The first kappa shape index (κ1) is 34.7. The summed E-state index contributed by atoms with van der Waals surface area (Å²) in [5.74, 6) is -0.616. The van der Waals surface area contributed by atoms with Crippen molar-refractivity contribution in [1.82, 2.24) is 10.2 Å². The quantitative estimate of drug-likeness (QED) is 0.200. The summed E-state index contributed by atoms with van der Waals surface area (Å²) in [7, 11) is -3.67. The molecule has 0 aliphatic carbocycles. The monoisotopic (exact) mass is 665 g/mol. The molecule has 2 unspecified atom stereocenters. The average molecular weight is 667 g/mol. The van der Waals surface area contributed by atoms with E-state index in [0.29, 0.717) is 31.9 Å². The Balaban J connectivity index is 1.95. The lowest BCUT2D eigenvalue weighted by Crippen LogP contribution is -2.52. The normalized spacial score (nSPS) is 12.8. The zero-order valence-corrected chi connectivity index (χ0v) is 27.9. The SMILES string of the molecule is CCC(C)NC(=O)C(Cc1ccccc1)N(Cc1c(Cl)cccc1Cl)C(=O)CCCN(c1cccc(Cl)c1C)S(C)(=O)=O. The number of anilines is 1. The summed E-state index contributed by atoms with van der Waals surface area (Å²) in [5.41, 5.74) is 2.49. The summed E-state index contributed by atoms with van der Waals surface area (Å²) in [6, 6.07) is 18.7. The highest BCUT2D eigenvalue weighted by molar-refractivity contribution is 7.92. The largest absolute Gasteiger partial charge is 0.352 e. The van der Waals surface area contributed by atoms with Crippen molar-refractivity contribution in [3.8, 4) is 0 Å². The first-order chi connectivity index (χ1) is 20.3. The zero-order chi connectivity index (χ0) is 31.7. The lowest BCUT2D eigenvalue weighted by Gasteiger charge is -2.33. The molecular weight excluding hydrogens is 629 g/mol. The minimum atomic E-state index is -3.67. The van der Waals surface area contributed by atoms with Crippen LogP contribution in [0, 0.1) is 6.92 Å². The number of carbonyl (C=O) groups is 2. The van der Waals surface area contributed by atoms with Gasteiger partial charge in [0.15, 0.2) is 0 Å². The van der Waals surface area contributed by atoms with E-state index in [2.05, 4.69) is 5.32 Å². The van der Waals surface area contributed by atoms with Crippen LogP contribution < -0.4 is 9.62 Å². The van der Waals surface area contributed by atoms with Gasteiger partial charge in [0, 0.05) is 52.6 Å². The molecule has 3 rings (SSSR count). The second kappa shape index (κ2) is 15.8. The zero-order valence-electron chi connectivity index (χ0n) is 24.8. The number of hydrogen-bond acceptors (Lipinski definition) is 4. The van der Waals surface area contributed by atoms with Gasteiger partial charge in [0.05, 0.1) is 11.9 Å². The van der Waals surface area contributed by atoms with Crippen LogP contribution in [0.1, 0.15) is 49.8 Å². The Bertz CT molecular complexity index is 1500. The summed E-state index contributed by atoms with van der Waals surface area (Å²) < 4.78 is 26.8. The Morgan fingerprint density at radius 3 is 2.12 bits per heavy atom. The molecule has 0 aromatic heterocycles. The van der Waals surface area contributed by atoms with Gasteiger partial charge in [-0.25, -0.2) is 8.42 Å². The lowest BCUT2D eigenvalue weighted by atomic mass is 10.0. The molecule has 232 valence electrons. The molecule has 0 aliphatic rings. The van der Waals surface area contributed by atoms with Crippen molar-refractivity contribution in [2.24, 2.45) is 0 Å². The van der Waals surface area contributed by atoms with Gasteiger partial charge in [-0.1, -0.05) is 84.2 Å². The minimum Gasteiger partial charge on any atom is -0.352 e. The summed E-state index contributed by atoms with van der Waals surface area (Å²) in [6.45, 7) is 5.69. The van der Waals surface area contributed by atoms with E-state index >= 15 is 0 Å². The highest BCUT2D eigenvalue weighted by Crippen LogP contribution is 2.30. The molecule has 2 amide bonds. The summed E-state index contributed by atoms with van der Waals surface area (Å²) in [5, 5.41) is 4.23. The topological polar surface area (TPSA) is 86.8 Å². The Labute approximate surface area is 270 Å². The average Bonchev–Trinajstić information content (AvgIpc) is 2.95. The molecule has 0 heterocycles. The minimum absolute atomic E-state index is 0.00591. The molecule has 2 atom stereocenters. The first-order valence-electron chi connectivity index (χ1n) is 14.1. The van der Waals surface area contributed by atoms with Crippen LogP contribution in [-0.4, -0.2) is 50.0 Å². The second-order valence-electron chi connectivity index (χ2n) is 10.6. The number of rotatable bonds is 14. The maximum Gasteiger partial charge on any atom is 0.243 e. The number of benzene rings is 3. The van der Waals surface area contributed by atoms with E-state index in [9.17, 15) is 18.0 Å². The van der Waals surface area contributed by atoms with Gasteiger partial charge in [-0.05, 0) is 62.1 Å². The van der Waals surface area contributed by atoms with E-state index in [4.69, 9.17) is 34.8 Å². The molecule has 3 aromatic rings. The number of halogens is 3. The fourth-order valence-corrected chi connectivity index (χ4v) is 6.40. The third-order valence-electron chi connectivity index (χ3n) is 7.32. The van der Waals surface area contributed by atoms with Gasteiger partial charge >= 0.3 is 0 Å².